The van der Waals surface area contributed by atoms with Gasteiger partial charge in [0.15, 0.2) is 11.6 Å². The summed E-state index contributed by atoms with van der Waals surface area (Å²) in [6, 6.07) is 6.33. The second kappa shape index (κ2) is 5.60. The molecule has 0 N–H and O–H groups in total. The zero-order chi connectivity index (χ0) is 18.9. The Morgan fingerprint density at radius 1 is 1.04 bits per heavy atom. The summed E-state index contributed by atoms with van der Waals surface area (Å²) in [4.78, 5) is 11.4. The van der Waals surface area contributed by atoms with Crippen LogP contribution >= 0.6 is 0 Å². The molecule has 136 valence electrons. The van der Waals surface area contributed by atoms with E-state index in [1.807, 2.05) is 39.8 Å². The van der Waals surface area contributed by atoms with E-state index < -0.39 is 30.0 Å². The van der Waals surface area contributed by atoms with Crippen LogP contribution in [-0.2, 0) is 14.1 Å². The summed E-state index contributed by atoms with van der Waals surface area (Å²) in [7, 11) is -0.797. The number of ketones is 1. The minimum atomic E-state index is -0.901. The van der Waals surface area contributed by atoms with Gasteiger partial charge in [-0.15, -0.1) is 0 Å². The molecule has 1 saturated carbocycles. The highest BCUT2D eigenvalue weighted by Crippen LogP contribution is 2.39. The maximum atomic E-state index is 14.6. The standard InChI is InChI=1S/C20H21BF2O3/c1-19(2)20(3,4)26-21(25-19)15-10-12(13-8-14(24)9-13)7-11-5-6-16(22)18(23)17(11)15/h5-7,10,13H,8-9H2,1-4H3. The second-order valence-corrected chi connectivity index (χ2v) is 8.30. The van der Waals surface area contributed by atoms with Crippen molar-refractivity contribution in [2.45, 2.75) is 57.7 Å². The smallest absolute Gasteiger partial charge is 0.399 e. The SMILES string of the molecule is CC1(C)OB(c2cc(C3CC(=O)C3)cc3ccc(F)c(F)c23)OC1(C)C. The molecule has 1 saturated heterocycles. The Balaban J connectivity index is 1.89. The molecule has 1 aliphatic carbocycles. The highest BCUT2D eigenvalue weighted by atomic mass is 19.2. The molecule has 0 bridgehead atoms. The number of fused-ring (bicyclic) bond motifs is 1. The fourth-order valence-corrected chi connectivity index (χ4v) is 3.57. The van der Waals surface area contributed by atoms with Gasteiger partial charge in [-0.1, -0.05) is 18.2 Å². The number of carbonyl (C=O) groups excluding carboxylic acids is 1. The molecule has 26 heavy (non-hydrogen) atoms. The lowest BCUT2D eigenvalue weighted by molar-refractivity contribution is -0.124. The van der Waals surface area contributed by atoms with Gasteiger partial charge in [-0.2, -0.15) is 0 Å². The minimum Gasteiger partial charge on any atom is -0.399 e. The lowest BCUT2D eigenvalue weighted by atomic mass is 9.71. The third kappa shape index (κ3) is 2.58. The van der Waals surface area contributed by atoms with E-state index in [-0.39, 0.29) is 17.1 Å². The first-order valence-electron chi connectivity index (χ1n) is 8.88. The van der Waals surface area contributed by atoms with Gasteiger partial charge in [0.2, 0.25) is 0 Å². The average Bonchev–Trinajstić information content (AvgIpc) is 2.75. The maximum absolute atomic E-state index is 14.6. The lowest BCUT2D eigenvalue weighted by Gasteiger charge is -2.32. The van der Waals surface area contributed by atoms with Crippen LogP contribution in [0.3, 0.4) is 0 Å². The first kappa shape index (κ1) is 17.6. The van der Waals surface area contributed by atoms with Gasteiger partial charge in [-0.05, 0) is 56.1 Å². The zero-order valence-electron chi connectivity index (χ0n) is 15.4. The molecular formula is C20H21BF2O3. The quantitative estimate of drug-likeness (QED) is 0.765. The molecule has 0 aromatic heterocycles. The van der Waals surface area contributed by atoms with E-state index in [2.05, 4.69) is 0 Å². The molecule has 2 aromatic rings. The van der Waals surface area contributed by atoms with Crippen LogP contribution in [-0.4, -0.2) is 24.1 Å². The summed E-state index contributed by atoms with van der Waals surface area (Å²) in [5.74, 6) is -1.47. The third-order valence-corrected chi connectivity index (χ3v) is 5.99. The molecule has 1 aliphatic heterocycles. The predicted molar refractivity (Wildman–Crippen MR) is 96.6 cm³/mol. The molecule has 2 fully saturated rings. The van der Waals surface area contributed by atoms with Gasteiger partial charge in [-0.3, -0.25) is 4.79 Å². The van der Waals surface area contributed by atoms with Crippen LogP contribution in [0.1, 0.15) is 52.0 Å². The van der Waals surface area contributed by atoms with Crippen LogP contribution < -0.4 is 5.46 Å². The van der Waals surface area contributed by atoms with Gasteiger partial charge in [0.1, 0.15) is 5.78 Å². The van der Waals surface area contributed by atoms with Crippen molar-refractivity contribution in [2.75, 3.05) is 0 Å². The molecule has 0 radical (unpaired) electrons. The molecule has 0 spiro atoms. The third-order valence-electron chi connectivity index (χ3n) is 5.99. The summed E-state index contributed by atoms with van der Waals surface area (Å²) in [6.07, 6.45) is 0.968. The number of Topliss-reactive ketones (excluding diaryl/α,β-unsaturated/α-hetero) is 1. The molecule has 0 unspecified atom stereocenters. The van der Waals surface area contributed by atoms with Crippen molar-refractivity contribution in [1.29, 1.82) is 0 Å². The summed E-state index contributed by atoms with van der Waals surface area (Å²) < 4.78 is 40.7. The predicted octanol–water partition coefficient (Wildman–Crippen LogP) is 3.86. The van der Waals surface area contributed by atoms with E-state index >= 15 is 0 Å². The Morgan fingerprint density at radius 3 is 2.23 bits per heavy atom. The highest BCUT2D eigenvalue weighted by Gasteiger charge is 2.52. The molecule has 0 atom stereocenters. The van der Waals surface area contributed by atoms with Crippen molar-refractivity contribution in [3.8, 4) is 0 Å². The van der Waals surface area contributed by atoms with Crippen molar-refractivity contribution >= 4 is 29.1 Å². The Hall–Kier alpha value is -1.79. The van der Waals surface area contributed by atoms with Gasteiger partial charge >= 0.3 is 7.12 Å². The molecule has 0 amide bonds. The van der Waals surface area contributed by atoms with E-state index in [4.69, 9.17) is 9.31 Å². The molecule has 4 rings (SSSR count). The van der Waals surface area contributed by atoms with E-state index in [1.165, 1.54) is 0 Å². The number of rotatable bonds is 2. The molecular weight excluding hydrogens is 337 g/mol. The normalized spacial score (nSPS) is 22.1. The van der Waals surface area contributed by atoms with Crippen molar-refractivity contribution < 1.29 is 22.9 Å². The van der Waals surface area contributed by atoms with E-state index in [0.717, 1.165) is 11.6 Å². The van der Waals surface area contributed by atoms with Gasteiger partial charge in [0.25, 0.3) is 0 Å². The van der Waals surface area contributed by atoms with Crippen LogP contribution in [0.25, 0.3) is 10.8 Å². The molecule has 1 heterocycles. The van der Waals surface area contributed by atoms with Gasteiger partial charge in [0, 0.05) is 18.2 Å². The van der Waals surface area contributed by atoms with Crippen LogP contribution in [0.2, 0.25) is 0 Å². The lowest BCUT2D eigenvalue weighted by Crippen LogP contribution is -2.41. The summed E-state index contributed by atoms with van der Waals surface area (Å²) >= 11 is 0. The minimum absolute atomic E-state index is 0.112. The fourth-order valence-electron chi connectivity index (χ4n) is 3.57. The van der Waals surface area contributed by atoms with Crippen LogP contribution in [0.4, 0.5) is 8.78 Å². The topological polar surface area (TPSA) is 35.5 Å². The van der Waals surface area contributed by atoms with Gasteiger partial charge in [0.05, 0.1) is 11.2 Å². The monoisotopic (exact) mass is 358 g/mol. The van der Waals surface area contributed by atoms with Crippen molar-refractivity contribution in [1.82, 2.24) is 0 Å². The number of halogens is 2. The Labute approximate surface area is 151 Å². The molecule has 3 nitrogen and oxygen atoms in total. The summed E-state index contributed by atoms with van der Waals surface area (Å²) in [5.41, 5.74) is 0.243. The second-order valence-electron chi connectivity index (χ2n) is 8.30. The fraction of sp³-hybridized carbons (Fsp3) is 0.450. The largest absolute Gasteiger partial charge is 0.495 e. The summed E-state index contributed by atoms with van der Waals surface area (Å²) in [6.45, 7) is 7.67. The molecule has 6 heteroatoms. The number of benzene rings is 2. The van der Waals surface area contributed by atoms with Gasteiger partial charge in [-0.25, -0.2) is 8.78 Å². The van der Waals surface area contributed by atoms with Crippen LogP contribution in [0.15, 0.2) is 24.3 Å². The number of hydrogen-bond acceptors (Lipinski definition) is 3. The van der Waals surface area contributed by atoms with Gasteiger partial charge < -0.3 is 9.31 Å². The van der Waals surface area contributed by atoms with Crippen molar-refractivity contribution in [3.63, 3.8) is 0 Å². The average molecular weight is 358 g/mol. The Bertz CT molecular complexity index is 899. The van der Waals surface area contributed by atoms with Crippen LogP contribution in [0.5, 0.6) is 0 Å². The Morgan fingerprint density at radius 2 is 1.65 bits per heavy atom. The molecule has 2 aromatic carbocycles. The summed E-state index contributed by atoms with van der Waals surface area (Å²) in [5, 5.41) is 0.767. The van der Waals surface area contributed by atoms with E-state index in [0.29, 0.717) is 23.7 Å². The molecule has 2 aliphatic rings. The Kier molecular flexibility index (Phi) is 3.80. The van der Waals surface area contributed by atoms with E-state index in [1.54, 1.807) is 6.07 Å². The van der Waals surface area contributed by atoms with E-state index in [9.17, 15) is 13.6 Å². The first-order chi connectivity index (χ1) is 12.1. The van der Waals surface area contributed by atoms with Crippen molar-refractivity contribution in [3.05, 3.63) is 41.5 Å². The maximum Gasteiger partial charge on any atom is 0.495 e. The van der Waals surface area contributed by atoms with Crippen molar-refractivity contribution in [2.24, 2.45) is 0 Å². The number of carbonyl (C=O) groups is 1. The number of hydrogen-bond donors (Lipinski definition) is 0. The first-order valence-corrected chi connectivity index (χ1v) is 8.88. The zero-order valence-corrected chi connectivity index (χ0v) is 15.4. The highest BCUT2D eigenvalue weighted by molar-refractivity contribution is 6.65. The van der Waals surface area contributed by atoms with Crippen LogP contribution in [0, 0.1) is 11.6 Å².